The van der Waals surface area contributed by atoms with Gasteiger partial charge in [-0.15, -0.1) is 11.3 Å². The van der Waals surface area contributed by atoms with Crippen molar-refractivity contribution >= 4 is 17.4 Å². The first kappa shape index (κ1) is 6.01. The van der Waals surface area contributed by atoms with Crippen molar-refractivity contribution in [2.45, 2.75) is 19.3 Å². The Labute approximate surface area is 70.6 Å². The summed E-state index contributed by atoms with van der Waals surface area (Å²) in [5, 5.41) is 2.29. The molecule has 1 heteroatoms. The van der Waals surface area contributed by atoms with Gasteiger partial charge in [0, 0.05) is 10.8 Å². The molecule has 3 rings (SSSR count). The molecule has 0 spiro atoms. The number of fused-ring (bicyclic) bond motifs is 3. The van der Waals surface area contributed by atoms with Crippen LogP contribution in [0.1, 0.15) is 28.3 Å². The van der Waals surface area contributed by atoms with Crippen LogP contribution in [-0.2, 0) is 0 Å². The first-order valence-corrected chi connectivity index (χ1v) is 5.00. The second-order valence-electron chi connectivity index (χ2n) is 3.56. The molecule has 11 heavy (non-hydrogen) atoms. The number of hydrogen-bond acceptors (Lipinski definition) is 1. The van der Waals surface area contributed by atoms with Crippen LogP contribution in [0.5, 0.6) is 0 Å². The van der Waals surface area contributed by atoms with Crippen molar-refractivity contribution in [2.24, 2.45) is 5.92 Å². The third kappa shape index (κ3) is 0.694. The van der Waals surface area contributed by atoms with Crippen molar-refractivity contribution in [3.8, 4) is 0 Å². The van der Waals surface area contributed by atoms with Crippen LogP contribution in [0.15, 0.2) is 11.5 Å². The van der Waals surface area contributed by atoms with Crippen molar-refractivity contribution in [1.29, 1.82) is 0 Å². The van der Waals surface area contributed by atoms with Crippen LogP contribution in [-0.4, -0.2) is 0 Å². The lowest BCUT2D eigenvalue weighted by Crippen LogP contribution is -1.87. The minimum absolute atomic E-state index is 0.903. The molecule has 0 saturated heterocycles. The summed E-state index contributed by atoms with van der Waals surface area (Å²) in [5.74, 6) is 1.81. The van der Waals surface area contributed by atoms with E-state index in [1.54, 1.807) is 4.88 Å². The zero-order valence-corrected chi connectivity index (χ0v) is 7.32. The monoisotopic (exact) mass is 162 g/mol. The van der Waals surface area contributed by atoms with Crippen LogP contribution in [0, 0.1) is 12.8 Å². The van der Waals surface area contributed by atoms with Crippen LogP contribution in [0.25, 0.3) is 6.08 Å². The number of allylic oxidation sites excluding steroid dienone is 1. The topological polar surface area (TPSA) is 0 Å². The van der Waals surface area contributed by atoms with Crippen LogP contribution in [0.4, 0.5) is 0 Å². The molecule has 2 aliphatic carbocycles. The summed E-state index contributed by atoms with van der Waals surface area (Å²) in [7, 11) is 0. The summed E-state index contributed by atoms with van der Waals surface area (Å²) in [6, 6.07) is 0. The molecule has 0 aromatic carbocycles. The zero-order chi connectivity index (χ0) is 7.42. The zero-order valence-electron chi connectivity index (χ0n) is 6.50. The Hall–Kier alpha value is -0.560. The molecule has 0 N–H and O–H groups in total. The lowest BCUT2D eigenvalue weighted by molar-refractivity contribution is 1.02. The van der Waals surface area contributed by atoms with E-state index in [1.807, 2.05) is 11.3 Å². The summed E-state index contributed by atoms with van der Waals surface area (Å²) in [6.07, 6.45) is 6.10. The van der Waals surface area contributed by atoms with E-state index >= 15 is 0 Å². The summed E-state index contributed by atoms with van der Waals surface area (Å²) in [4.78, 5) is 1.65. The Balaban J connectivity index is 2.26. The maximum absolute atomic E-state index is 2.38. The standard InChI is InChI=1S/C10H10S/c1-6-5-11-10-8(6)3-2-7-4-9(7)10/h2-3,5,7,9H,4H2,1H3. The van der Waals surface area contributed by atoms with E-state index in [4.69, 9.17) is 0 Å². The molecule has 1 aromatic heterocycles. The van der Waals surface area contributed by atoms with Crippen LogP contribution in [0.3, 0.4) is 0 Å². The summed E-state index contributed by atoms with van der Waals surface area (Å²) < 4.78 is 0. The van der Waals surface area contributed by atoms with Crippen molar-refractivity contribution < 1.29 is 0 Å². The molecule has 1 saturated carbocycles. The molecule has 0 aliphatic heterocycles. The fraction of sp³-hybridized carbons (Fsp3) is 0.400. The fourth-order valence-corrected chi connectivity index (χ4v) is 3.16. The van der Waals surface area contributed by atoms with E-state index in [2.05, 4.69) is 24.5 Å². The Morgan fingerprint density at radius 1 is 1.55 bits per heavy atom. The van der Waals surface area contributed by atoms with Crippen LogP contribution >= 0.6 is 11.3 Å². The quantitative estimate of drug-likeness (QED) is 0.549. The molecule has 1 heterocycles. The molecule has 2 unspecified atom stereocenters. The molecule has 56 valence electrons. The Morgan fingerprint density at radius 3 is 3.36 bits per heavy atom. The number of hydrogen-bond donors (Lipinski definition) is 0. The van der Waals surface area contributed by atoms with Gasteiger partial charge in [0.25, 0.3) is 0 Å². The molecule has 2 atom stereocenters. The van der Waals surface area contributed by atoms with E-state index in [0.29, 0.717) is 0 Å². The average molecular weight is 162 g/mol. The maximum Gasteiger partial charge on any atom is 0.0157 e. The minimum atomic E-state index is 0.903. The Bertz CT molecular complexity index is 333. The molecule has 0 radical (unpaired) electrons. The van der Waals surface area contributed by atoms with Crippen molar-refractivity contribution in [2.75, 3.05) is 0 Å². The highest BCUT2D eigenvalue weighted by Gasteiger charge is 2.40. The first-order chi connectivity index (χ1) is 5.36. The van der Waals surface area contributed by atoms with Gasteiger partial charge in [-0.05, 0) is 35.8 Å². The largest absolute Gasteiger partial charge is 0.148 e. The third-order valence-corrected chi connectivity index (χ3v) is 3.99. The predicted octanol–water partition coefficient (Wildman–Crippen LogP) is 3.19. The van der Waals surface area contributed by atoms with E-state index in [1.165, 1.54) is 17.5 Å². The summed E-state index contributed by atoms with van der Waals surface area (Å²) >= 11 is 1.95. The van der Waals surface area contributed by atoms with Crippen LogP contribution in [0.2, 0.25) is 0 Å². The Morgan fingerprint density at radius 2 is 2.45 bits per heavy atom. The molecule has 0 amide bonds. The van der Waals surface area contributed by atoms with Gasteiger partial charge in [0.1, 0.15) is 0 Å². The molecular formula is C10H10S. The summed E-state index contributed by atoms with van der Waals surface area (Å²) in [6.45, 7) is 2.21. The molecule has 0 nitrogen and oxygen atoms in total. The van der Waals surface area contributed by atoms with Crippen molar-refractivity contribution in [3.05, 3.63) is 27.5 Å². The van der Waals surface area contributed by atoms with Crippen molar-refractivity contribution in [3.63, 3.8) is 0 Å². The third-order valence-electron chi connectivity index (χ3n) is 2.74. The van der Waals surface area contributed by atoms with Gasteiger partial charge in [-0.25, -0.2) is 0 Å². The smallest absolute Gasteiger partial charge is 0.0157 e. The fourth-order valence-electron chi connectivity index (χ4n) is 1.92. The number of rotatable bonds is 0. The Kier molecular flexibility index (Phi) is 0.972. The van der Waals surface area contributed by atoms with Gasteiger partial charge in [0.2, 0.25) is 0 Å². The van der Waals surface area contributed by atoms with E-state index < -0.39 is 0 Å². The first-order valence-electron chi connectivity index (χ1n) is 4.12. The van der Waals surface area contributed by atoms with E-state index in [0.717, 1.165) is 11.8 Å². The summed E-state index contributed by atoms with van der Waals surface area (Å²) in [5.41, 5.74) is 2.99. The normalized spacial score (nSPS) is 31.4. The van der Waals surface area contributed by atoms with Gasteiger partial charge in [0.05, 0.1) is 0 Å². The van der Waals surface area contributed by atoms with Gasteiger partial charge < -0.3 is 0 Å². The molecule has 0 bridgehead atoms. The highest BCUT2D eigenvalue weighted by Crippen LogP contribution is 2.55. The molecular weight excluding hydrogens is 152 g/mol. The second kappa shape index (κ2) is 1.78. The number of aryl methyl sites for hydroxylation is 1. The number of thiophene rings is 1. The SMILES string of the molecule is Cc1csc2c1C=CC1CC21. The lowest BCUT2D eigenvalue weighted by atomic mass is 10.0. The molecule has 2 aliphatic rings. The molecule has 1 fully saturated rings. The highest BCUT2D eigenvalue weighted by molar-refractivity contribution is 7.10. The maximum atomic E-state index is 2.38. The van der Waals surface area contributed by atoms with E-state index in [-0.39, 0.29) is 0 Å². The predicted molar refractivity (Wildman–Crippen MR) is 48.9 cm³/mol. The van der Waals surface area contributed by atoms with Gasteiger partial charge in [-0.2, -0.15) is 0 Å². The average Bonchev–Trinajstić information content (AvgIpc) is 2.71. The van der Waals surface area contributed by atoms with E-state index in [9.17, 15) is 0 Å². The minimum Gasteiger partial charge on any atom is -0.148 e. The van der Waals surface area contributed by atoms with Crippen LogP contribution < -0.4 is 0 Å². The van der Waals surface area contributed by atoms with Gasteiger partial charge in [-0.3, -0.25) is 0 Å². The lowest BCUT2D eigenvalue weighted by Gasteiger charge is -2.03. The highest BCUT2D eigenvalue weighted by atomic mass is 32.1. The van der Waals surface area contributed by atoms with Gasteiger partial charge in [0.15, 0.2) is 0 Å². The molecule has 1 aromatic rings. The van der Waals surface area contributed by atoms with Gasteiger partial charge >= 0.3 is 0 Å². The van der Waals surface area contributed by atoms with Crippen molar-refractivity contribution in [1.82, 2.24) is 0 Å². The van der Waals surface area contributed by atoms with Gasteiger partial charge in [-0.1, -0.05) is 12.2 Å². The second-order valence-corrected chi connectivity index (χ2v) is 4.47.